The van der Waals surface area contributed by atoms with Crippen LogP contribution in [0.25, 0.3) is 0 Å². The Balaban J connectivity index is 2.61. The molecule has 0 heterocycles. The molecule has 0 aromatic heterocycles. The normalized spacial score (nSPS) is 13.1. The summed E-state index contributed by atoms with van der Waals surface area (Å²) in [6, 6.07) is 8.07. The van der Waals surface area contributed by atoms with Crippen LogP contribution in [0.2, 0.25) is 0 Å². The lowest BCUT2D eigenvalue weighted by atomic mass is 9.96. The number of ether oxygens (including phenoxy) is 1. The number of hydrogen-bond acceptors (Lipinski definition) is 3. The highest BCUT2D eigenvalue weighted by Crippen LogP contribution is 2.20. The van der Waals surface area contributed by atoms with Gasteiger partial charge in [-0.3, -0.25) is 0 Å². The number of aliphatic hydroxyl groups excluding tert-OH is 1. The molecule has 1 aromatic rings. The van der Waals surface area contributed by atoms with E-state index in [1.807, 2.05) is 18.2 Å². The summed E-state index contributed by atoms with van der Waals surface area (Å²) in [6.45, 7) is 6.28. The smallest absolute Gasteiger partial charge is 0.123 e. The largest absolute Gasteiger partial charge is 0.496 e. The van der Waals surface area contributed by atoms with E-state index in [1.165, 1.54) is 5.56 Å². The van der Waals surface area contributed by atoms with E-state index in [9.17, 15) is 5.11 Å². The summed E-state index contributed by atoms with van der Waals surface area (Å²) in [5.41, 5.74) is 1.18. The van der Waals surface area contributed by atoms with Crippen LogP contribution in [-0.2, 0) is 6.54 Å². The Hall–Kier alpha value is -1.06. The highest BCUT2D eigenvalue weighted by atomic mass is 16.5. The molecular formula is C15H25NO2. The molecule has 1 rings (SSSR count). The average molecular weight is 251 g/mol. The van der Waals surface area contributed by atoms with Crippen molar-refractivity contribution < 1.29 is 9.84 Å². The van der Waals surface area contributed by atoms with Crippen molar-refractivity contribution in [1.82, 2.24) is 4.90 Å². The lowest BCUT2D eigenvalue weighted by Crippen LogP contribution is -2.30. The Morgan fingerprint density at radius 3 is 2.50 bits per heavy atom. The third-order valence-corrected chi connectivity index (χ3v) is 3.36. The molecule has 0 aliphatic heterocycles. The monoisotopic (exact) mass is 251 g/mol. The van der Waals surface area contributed by atoms with Gasteiger partial charge < -0.3 is 14.7 Å². The second kappa shape index (κ2) is 7.39. The number of hydrogen-bond donors (Lipinski definition) is 1. The fourth-order valence-electron chi connectivity index (χ4n) is 2.07. The van der Waals surface area contributed by atoms with Crippen LogP contribution in [0.3, 0.4) is 0 Å². The van der Waals surface area contributed by atoms with Gasteiger partial charge in [-0.25, -0.2) is 0 Å². The van der Waals surface area contributed by atoms with Gasteiger partial charge in [-0.1, -0.05) is 32.0 Å². The van der Waals surface area contributed by atoms with E-state index in [-0.39, 0.29) is 6.61 Å². The summed E-state index contributed by atoms with van der Waals surface area (Å²) in [4.78, 5) is 2.23. The molecule has 3 nitrogen and oxygen atoms in total. The van der Waals surface area contributed by atoms with Gasteiger partial charge in [0.05, 0.1) is 7.11 Å². The topological polar surface area (TPSA) is 32.7 Å². The minimum absolute atomic E-state index is 0.244. The van der Waals surface area contributed by atoms with Crippen LogP contribution in [0.4, 0.5) is 0 Å². The number of para-hydroxylation sites is 1. The highest BCUT2D eigenvalue weighted by molar-refractivity contribution is 5.32. The van der Waals surface area contributed by atoms with Crippen LogP contribution in [0, 0.1) is 11.8 Å². The van der Waals surface area contributed by atoms with Crippen molar-refractivity contribution in [3.63, 3.8) is 0 Å². The van der Waals surface area contributed by atoms with E-state index in [2.05, 4.69) is 31.9 Å². The van der Waals surface area contributed by atoms with Gasteiger partial charge in [0.1, 0.15) is 5.75 Å². The van der Waals surface area contributed by atoms with E-state index in [4.69, 9.17) is 4.74 Å². The number of methoxy groups -OCH3 is 1. The summed E-state index contributed by atoms with van der Waals surface area (Å²) in [5, 5.41) is 9.36. The van der Waals surface area contributed by atoms with Crippen molar-refractivity contribution in [3.05, 3.63) is 29.8 Å². The molecule has 1 aromatic carbocycles. The molecule has 0 amide bonds. The van der Waals surface area contributed by atoms with Crippen LogP contribution in [0.15, 0.2) is 24.3 Å². The number of aliphatic hydroxyl groups is 1. The fraction of sp³-hybridized carbons (Fsp3) is 0.600. The van der Waals surface area contributed by atoms with Gasteiger partial charge in [-0.2, -0.15) is 0 Å². The van der Waals surface area contributed by atoms with Gasteiger partial charge in [0.15, 0.2) is 0 Å². The van der Waals surface area contributed by atoms with Crippen LogP contribution in [0.5, 0.6) is 5.75 Å². The van der Waals surface area contributed by atoms with Crippen LogP contribution in [-0.4, -0.2) is 37.3 Å². The zero-order valence-corrected chi connectivity index (χ0v) is 11.9. The van der Waals surface area contributed by atoms with E-state index < -0.39 is 0 Å². The first-order chi connectivity index (χ1) is 8.58. The summed E-state index contributed by atoms with van der Waals surface area (Å²) in [7, 11) is 3.78. The molecule has 1 atom stereocenters. The maximum absolute atomic E-state index is 9.36. The highest BCUT2D eigenvalue weighted by Gasteiger charge is 2.15. The van der Waals surface area contributed by atoms with Crippen molar-refractivity contribution in [2.24, 2.45) is 11.8 Å². The number of nitrogens with zero attached hydrogens (tertiary/aromatic N) is 1. The van der Waals surface area contributed by atoms with Crippen molar-refractivity contribution >= 4 is 0 Å². The lowest BCUT2D eigenvalue weighted by Gasteiger charge is -2.25. The zero-order chi connectivity index (χ0) is 13.5. The van der Waals surface area contributed by atoms with Gasteiger partial charge in [0.25, 0.3) is 0 Å². The van der Waals surface area contributed by atoms with Gasteiger partial charge in [0.2, 0.25) is 0 Å². The second-order valence-electron chi connectivity index (χ2n) is 5.20. The Bertz CT molecular complexity index is 352. The third-order valence-electron chi connectivity index (χ3n) is 3.36. The molecule has 0 fully saturated rings. The van der Waals surface area contributed by atoms with Crippen molar-refractivity contribution in [3.8, 4) is 5.75 Å². The molecule has 3 heteroatoms. The van der Waals surface area contributed by atoms with Gasteiger partial charge in [-0.15, -0.1) is 0 Å². The maximum atomic E-state index is 9.36. The Kier molecular flexibility index (Phi) is 6.16. The van der Waals surface area contributed by atoms with Crippen molar-refractivity contribution in [1.29, 1.82) is 0 Å². The van der Waals surface area contributed by atoms with E-state index in [0.717, 1.165) is 18.8 Å². The summed E-state index contributed by atoms with van der Waals surface area (Å²) >= 11 is 0. The first kappa shape index (κ1) is 15.0. The number of rotatable bonds is 7. The first-order valence-electron chi connectivity index (χ1n) is 6.49. The Morgan fingerprint density at radius 1 is 1.28 bits per heavy atom. The summed E-state index contributed by atoms with van der Waals surface area (Å²) in [6.07, 6.45) is 0. The fourth-order valence-corrected chi connectivity index (χ4v) is 2.07. The van der Waals surface area contributed by atoms with Crippen LogP contribution in [0.1, 0.15) is 19.4 Å². The first-order valence-corrected chi connectivity index (χ1v) is 6.49. The average Bonchev–Trinajstić information content (AvgIpc) is 2.36. The molecule has 0 bridgehead atoms. The van der Waals surface area contributed by atoms with Crippen molar-refractivity contribution in [2.75, 3.05) is 27.3 Å². The lowest BCUT2D eigenvalue weighted by molar-refractivity contribution is 0.143. The quantitative estimate of drug-likeness (QED) is 0.807. The minimum Gasteiger partial charge on any atom is -0.496 e. The minimum atomic E-state index is 0.244. The van der Waals surface area contributed by atoms with Gasteiger partial charge >= 0.3 is 0 Å². The number of benzene rings is 1. The molecular weight excluding hydrogens is 226 g/mol. The Morgan fingerprint density at radius 2 is 1.94 bits per heavy atom. The molecule has 0 aliphatic carbocycles. The zero-order valence-electron chi connectivity index (χ0n) is 11.9. The van der Waals surface area contributed by atoms with Gasteiger partial charge in [0, 0.05) is 25.3 Å². The van der Waals surface area contributed by atoms with E-state index in [1.54, 1.807) is 7.11 Å². The Labute approximate surface area is 110 Å². The molecule has 102 valence electrons. The molecule has 18 heavy (non-hydrogen) atoms. The predicted octanol–water partition coefficient (Wildman–Crippen LogP) is 2.39. The standard InChI is InChI=1S/C15H25NO2/c1-12(2)14(11-17)10-16(3)9-13-7-5-6-8-15(13)18-4/h5-8,12,14,17H,9-11H2,1-4H3. The van der Waals surface area contributed by atoms with Crippen molar-refractivity contribution in [2.45, 2.75) is 20.4 Å². The van der Waals surface area contributed by atoms with Crippen LogP contribution >= 0.6 is 0 Å². The third kappa shape index (κ3) is 4.31. The molecule has 0 saturated heterocycles. The molecule has 0 saturated carbocycles. The summed E-state index contributed by atoms with van der Waals surface area (Å²) in [5.74, 6) is 1.74. The predicted molar refractivity (Wildman–Crippen MR) is 74.7 cm³/mol. The van der Waals surface area contributed by atoms with Crippen LogP contribution < -0.4 is 4.74 Å². The second-order valence-corrected chi connectivity index (χ2v) is 5.20. The van der Waals surface area contributed by atoms with E-state index >= 15 is 0 Å². The summed E-state index contributed by atoms with van der Waals surface area (Å²) < 4.78 is 5.35. The molecule has 1 unspecified atom stereocenters. The SMILES string of the molecule is COc1ccccc1CN(C)CC(CO)C(C)C. The van der Waals surface area contributed by atoms with Gasteiger partial charge in [-0.05, 0) is 24.9 Å². The maximum Gasteiger partial charge on any atom is 0.123 e. The molecule has 0 spiro atoms. The molecule has 1 N–H and O–H groups in total. The van der Waals surface area contributed by atoms with E-state index in [0.29, 0.717) is 11.8 Å². The molecule has 0 aliphatic rings. The molecule has 0 radical (unpaired) electrons.